The van der Waals surface area contributed by atoms with Crippen molar-refractivity contribution >= 4 is 43.0 Å². The summed E-state index contributed by atoms with van der Waals surface area (Å²) in [5.74, 6) is 0. The fourth-order valence-electron chi connectivity index (χ4n) is 1.56. The summed E-state index contributed by atoms with van der Waals surface area (Å²) in [7, 11) is -3.61. The van der Waals surface area contributed by atoms with Gasteiger partial charge >= 0.3 is 0 Å². The summed E-state index contributed by atoms with van der Waals surface area (Å²) in [5.41, 5.74) is 8.00. The minimum atomic E-state index is -3.61. The highest BCUT2D eigenvalue weighted by Gasteiger charge is 2.17. The van der Waals surface area contributed by atoms with Crippen LogP contribution in [-0.2, 0) is 16.6 Å². The van der Waals surface area contributed by atoms with E-state index in [0.717, 1.165) is 11.1 Å². The molecule has 0 amide bonds. The Morgan fingerprint density at radius 1 is 1.37 bits per heavy atom. The van der Waals surface area contributed by atoms with Gasteiger partial charge in [-0.3, -0.25) is 0 Å². The van der Waals surface area contributed by atoms with Crippen molar-refractivity contribution in [1.29, 1.82) is 0 Å². The van der Waals surface area contributed by atoms with Crippen LogP contribution in [0.5, 0.6) is 0 Å². The van der Waals surface area contributed by atoms with E-state index in [1.807, 2.05) is 17.7 Å². The van der Waals surface area contributed by atoms with Crippen LogP contribution in [0.25, 0.3) is 0 Å². The van der Waals surface area contributed by atoms with Crippen molar-refractivity contribution in [2.75, 3.05) is 5.73 Å². The Kier molecular flexibility index (Phi) is 4.29. The van der Waals surface area contributed by atoms with Gasteiger partial charge in [0.25, 0.3) is 0 Å². The molecule has 4 nitrogen and oxygen atoms in total. The first-order valence-electron chi connectivity index (χ1n) is 5.46. The number of halogens is 1. The Morgan fingerprint density at radius 2 is 2.11 bits per heavy atom. The standard InChI is InChI=1S/C12H13BrN2O2S2/c1-8-6-18-7-9(8)5-15-19(16,17)12-4-10(13)2-3-11(12)14/h2-4,6-7,15H,5,14H2,1H3. The molecule has 102 valence electrons. The largest absolute Gasteiger partial charge is 0.398 e. The molecule has 0 saturated carbocycles. The molecule has 0 aliphatic carbocycles. The lowest BCUT2D eigenvalue weighted by molar-refractivity contribution is 0.581. The van der Waals surface area contributed by atoms with Gasteiger partial charge in [0.05, 0.1) is 5.69 Å². The van der Waals surface area contributed by atoms with E-state index in [0.29, 0.717) is 4.47 Å². The quantitative estimate of drug-likeness (QED) is 0.823. The monoisotopic (exact) mass is 360 g/mol. The molecule has 1 heterocycles. The van der Waals surface area contributed by atoms with E-state index in [1.165, 1.54) is 6.07 Å². The first-order valence-corrected chi connectivity index (χ1v) is 8.68. The maximum atomic E-state index is 12.2. The number of thiophene rings is 1. The fourth-order valence-corrected chi connectivity index (χ4v) is 4.09. The average molecular weight is 361 g/mol. The Hall–Kier alpha value is -0.890. The van der Waals surface area contributed by atoms with Gasteiger partial charge in [0, 0.05) is 11.0 Å². The number of benzene rings is 1. The molecular formula is C12H13BrN2O2S2. The van der Waals surface area contributed by atoms with Crippen LogP contribution in [0, 0.1) is 6.92 Å². The number of nitrogen functional groups attached to an aromatic ring is 1. The molecule has 7 heteroatoms. The molecule has 0 unspecified atom stereocenters. The van der Waals surface area contributed by atoms with E-state index in [4.69, 9.17) is 5.73 Å². The summed E-state index contributed by atoms with van der Waals surface area (Å²) >= 11 is 4.80. The zero-order valence-corrected chi connectivity index (χ0v) is 13.4. The lowest BCUT2D eigenvalue weighted by Crippen LogP contribution is -2.24. The van der Waals surface area contributed by atoms with Gasteiger partial charge in [-0.05, 0) is 47.0 Å². The summed E-state index contributed by atoms with van der Waals surface area (Å²) in [6, 6.07) is 4.77. The van der Waals surface area contributed by atoms with Gasteiger partial charge < -0.3 is 5.73 Å². The molecule has 1 aromatic carbocycles. The number of rotatable bonds is 4. The van der Waals surface area contributed by atoms with Crippen LogP contribution in [0.3, 0.4) is 0 Å². The molecule has 2 rings (SSSR count). The van der Waals surface area contributed by atoms with Crippen LogP contribution in [-0.4, -0.2) is 8.42 Å². The third kappa shape index (κ3) is 3.36. The molecule has 0 aliphatic heterocycles. The molecule has 0 fully saturated rings. The first-order chi connectivity index (χ1) is 8.90. The van der Waals surface area contributed by atoms with Crippen molar-refractivity contribution in [3.8, 4) is 0 Å². The van der Waals surface area contributed by atoms with Gasteiger partial charge in [-0.25, -0.2) is 13.1 Å². The van der Waals surface area contributed by atoms with Crippen molar-refractivity contribution in [3.63, 3.8) is 0 Å². The Bertz CT molecular complexity index is 696. The van der Waals surface area contributed by atoms with Gasteiger partial charge in [0.15, 0.2) is 0 Å². The maximum Gasteiger partial charge on any atom is 0.242 e. The van der Waals surface area contributed by atoms with Crippen LogP contribution < -0.4 is 10.5 Å². The van der Waals surface area contributed by atoms with E-state index in [9.17, 15) is 8.42 Å². The molecule has 0 aliphatic rings. The first kappa shape index (κ1) is 14.5. The number of anilines is 1. The lowest BCUT2D eigenvalue weighted by Gasteiger charge is -2.09. The number of nitrogens with one attached hydrogen (secondary N) is 1. The highest BCUT2D eigenvalue weighted by molar-refractivity contribution is 9.10. The number of sulfonamides is 1. The van der Waals surface area contributed by atoms with E-state index in [2.05, 4.69) is 20.7 Å². The Labute approximate surface area is 124 Å². The van der Waals surface area contributed by atoms with E-state index in [-0.39, 0.29) is 17.1 Å². The summed E-state index contributed by atoms with van der Waals surface area (Å²) in [6.45, 7) is 2.22. The molecule has 2 aromatic rings. The SMILES string of the molecule is Cc1cscc1CNS(=O)(=O)c1cc(Br)ccc1N. The molecule has 0 saturated heterocycles. The zero-order valence-electron chi connectivity index (χ0n) is 10.2. The van der Waals surface area contributed by atoms with Crippen molar-refractivity contribution < 1.29 is 8.42 Å². The number of hydrogen-bond donors (Lipinski definition) is 2. The predicted molar refractivity (Wildman–Crippen MR) is 81.6 cm³/mol. The molecule has 0 spiro atoms. The Morgan fingerprint density at radius 3 is 2.74 bits per heavy atom. The summed E-state index contributed by atoms with van der Waals surface area (Å²) in [4.78, 5) is 0.0924. The molecule has 0 bridgehead atoms. The molecule has 3 N–H and O–H groups in total. The Balaban J connectivity index is 2.23. The molecule has 0 radical (unpaired) electrons. The van der Waals surface area contributed by atoms with Crippen LogP contribution in [0.4, 0.5) is 5.69 Å². The fraction of sp³-hybridized carbons (Fsp3) is 0.167. The highest BCUT2D eigenvalue weighted by Crippen LogP contribution is 2.23. The summed E-state index contributed by atoms with van der Waals surface area (Å²) in [5, 5.41) is 3.92. The van der Waals surface area contributed by atoms with Gasteiger partial charge in [0.2, 0.25) is 10.0 Å². The van der Waals surface area contributed by atoms with Gasteiger partial charge in [-0.2, -0.15) is 11.3 Å². The molecule has 19 heavy (non-hydrogen) atoms. The normalized spacial score (nSPS) is 11.7. The predicted octanol–water partition coefficient (Wildman–Crippen LogP) is 2.88. The second-order valence-corrected chi connectivity index (χ2v) is 7.48. The summed E-state index contributed by atoms with van der Waals surface area (Å²) in [6.07, 6.45) is 0. The van der Waals surface area contributed by atoms with Crippen LogP contribution in [0.15, 0.2) is 38.3 Å². The summed E-state index contributed by atoms with van der Waals surface area (Å²) < 4.78 is 27.6. The molecule has 0 atom stereocenters. The minimum Gasteiger partial charge on any atom is -0.398 e. The van der Waals surface area contributed by atoms with Gasteiger partial charge in [0.1, 0.15) is 4.90 Å². The van der Waals surface area contributed by atoms with E-state index >= 15 is 0 Å². The maximum absolute atomic E-state index is 12.2. The van der Waals surface area contributed by atoms with Crippen LogP contribution >= 0.6 is 27.3 Å². The third-order valence-corrected chi connectivity index (χ3v) is 5.54. The van der Waals surface area contributed by atoms with E-state index < -0.39 is 10.0 Å². The number of aryl methyl sites for hydroxylation is 1. The molecule has 1 aromatic heterocycles. The highest BCUT2D eigenvalue weighted by atomic mass is 79.9. The smallest absolute Gasteiger partial charge is 0.242 e. The molecular weight excluding hydrogens is 348 g/mol. The zero-order chi connectivity index (χ0) is 14.0. The van der Waals surface area contributed by atoms with Gasteiger partial charge in [-0.15, -0.1) is 0 Å². The van der Waals surface area contributed by atoms with Gasteiger partial charge in [-0.1, -0.05) is 15.9 Å². The van der Waals surface area contributed by atoms with E-state index in [1.54, 1.807) is 23.5 Å². The third-order valence-electron chi connectivity index (χ3n) is 2.68. The van der Waals surface area contributed by atoms with Crippen molar-refractivity contribution in [2.24, 2.45) is 0 Å². The van der Waals surface area contributed by atoms with Crippen LogP contribution in [0.2, 0.25) is 0 Å². The number of hydrogen-bond acceptors (Lipinski definition) is 4. The number of nitrogens with two attached hydrogens (primary N) is 1. The topological polar surface area (TPSA) is 72.2 Å². The second kappa shape index (κ2) is 5.62. The van der Waals surface area contributed by atoms with Crippen molar-refractivity contribution in [2.45, 2.75) is 18.4 Å². The van der Waals surface area contributed by atoms with Crippen molar-refractivity contribution in [3.05, 3.63) is 44.6 Å². The minimum absolute atomic E-state index is 0.0924. The van der Waals surface area contributed by atoms with Crippen molar-refractivity contribution in [1.82, 2.24) is 4.72 Å². The average Bonchev–Trinajstić information content (AvgIpc) is 2.75. The van der Waals surface area contributed by atoms with Crippen LogP contribution in [0.1, 0.15) is 11.1 Å². The second-order valence-electron chi connectivity index (χ2n) is 4.09. The lowest BCUT2D eigenvalue weighted by atomic mass is 10.2.